The molecule has 0 aromatic heterocycles. The van der Waals surface area contributed by atoms with Gasteiger partial charge in [0.15, 0.2) is 0 Å². The van der Waals surface area contributed by atoms with Gasteiger partial charge in [-0.2, -0.15) is 0 Å². The molecule has 3 aliphatic heterocycles. The Bertz CT molecular complexity index is 4060. The van der Waals surface area contributed by atoms with Crippen molar-refractivity contribution in [3.05, 3.63) is 276 Å². The van der Waals surface area contributed by atoms with Crippen LogP contribution in [0.5, 0.6) is 0 Å². The average molecular weight is 1060 g/mol. The summed E-state index contributed by atoms with van der Waals surface area (Å²) >= 11 is 0. The van der Waals surface area contributed by atoms with Gasteiger partial charge in [-0.25, -0.2) is 0 Å². The van der Waals surface area contributed by atoms with Gasteiger partial charge in [-0.3, -0.25) is 0 Å². The van der Waals surface area contributed by atoms with Crippen LogP contribution >= 0.6 is 15.8 Å². The molecule has 0 N–H and O–H groups in total. The molecule has 0 spiro atoms. The van der Waals surface area contributed by atoms with Crippen molar-refractivity contribution < 1.29 is 0 Å². The lowest BCUT2D eigenvalue weighted by Crippen LogP contribution is -2.62. The quantitative estimate of drug-likeness (QED) is 0.111. The second-order valence-electron chi connectivity index (χ2n) is 22.4. The Morgan fingerprint density at radius 1 is 0.275 bits per heavy atom. The summed E-state index contributed by atoms with van der Waals surface area (Å²) in [5, 5.41) is 13.2. The summed E-state index contributed by atoms with van der Waals surface area (Å²) in [6.45, 7) is 13.8. The zero-order valence-corrected chi connectivity index (χ0v) is 47.8. The Morgan fingerprint density at radius 3 is 0.925 bits per heavy atom. The summed E-state index contributed by atoms with van der Waals surface area (Å²) in [7, 11) is -1.79. The van der Waals surface area contributed by atoms with Gasteiger partial charge in [0.2, 0.25) is 13.4 Å². The maximum Gasteiger partial charge on any atom is 0.248 e. The first-order valence-corrected chi connectivity index (χ1v) is 30.8. The third-order valence-electron chi connectivity index (χ3n) is 17.3. The van der Waals surface area contributed by atoms with E-state index >= 15 is 0 Å². The topological polar surface area (TPSA) is 6.48 Å². The highest BCUT2D eigenvalue weighted by Crippen LogP contribution is 2.57. The first-order chi connectivity index (χ1) is 39.2. The van der Waals surface area contributed by atoms with Crippen LogP contribution in [-0.2, 0) is 0 Å². The Morgan fingerprint density at radius 2 is 0.588 bits per heavy atom. The number of anilines is 6. The number of hydrogen-bond donors (Lipinski definition) is 0. The van der Waals surface area contributed by atoms with Crippen molar-refractivity contribution in [2.75, 3.05) is 9.80 Å². The molecule has 2 nitrogen and oxygen atoms in total. The van der Waals surface area contributed by atoms with E-state index < -0.39 is 15.8 Å². The SMILES string of the molecule is Cc1cc(C)c(B2c3cc(P(c4ccccc4)c4ccccc4)ccc3N3c4cc5ccccc5c5c4N(c4ccc(P(c6ccccc6)c6ccccc6)cc4B5c4c(C)cc(C)cc4C)c4cc5ccccc5c2c43)c(C)c1. The zero-order chi connectivity index (χ0) is 53.9. The van der Waals surface area contributed by atoms with Crippen LogP contribution < -0.4 is 74.4 Å². The first kappa shape index (κ1) is 48.8. The van der Waals surface area contributed by atoms with Gasteiger partial charge < -0.3 is 9.80 Å². The van der Waals surface area contributed by atoms with Gasteiger partial charge >= 0.3 is 0 Å². The van der Waals surface area contributed by atoms with Gasteiger partial charge in [0.1, 0.15) is 0 Å². The molecule has 3 heterocycles. The fourth-order valence-electron chi connectivity index (χ4n) is 14.5. The van der Waals surface area contributed by atoms with Crippen LogP contribution in [0.15, 0.2) is 243 Å². The standard InChI is InChI=1S/C74H58B2N2P2/c1-47-39-49(3)69(50(4)40-47)75-63-45-59(79(55-25-11-7-12-26-55)56-27-13-8-14-28-56)35-37-65(63)77-68-44-54-24-20-22-34-62(54)72-74(68)78(67-43-53-23-19-21-33-61(53)71(75)73(67)77)66-38-36-60(46-64(66)76(72)70-51(5)41-48(2)42-52(70)6)80(57-29-15-9-16-30-57)58-31-17-10-18-32-58/h7-46H,1-6H3. The molecule has 3 aliphatic rings. The fourth-order valence-corrected chi connectivity index (χ4v) is 19.1. The fraction of sp³-hybridized carbons (Fsp3) is 0.0811. The minimum Gasteiger partial charge on any atom is -0.307 e. The van der Waals surface area contributed by atoms with Gasteiger partial charge in [-0.1, -0.05) is 263 Å². The number of benzene rings is 12. The first-order valence-electron chi connectivity index (χ1n) is 28.2. The molecule has 0 bridgehead atoms. The van der Waals surface area contributed by atoms with E-state index in [1.165, 1.54) is 154 Å². The molecule has 0 aliphatic carbocycles. The predicted octanol–water partition coefficient (Wildman–Crippen LogP) is 12.3. The Labute approximate surface area is 474 Å². The van der Waals surface area contributed by atoms with Gasteiger partial charge in [-0.15, -0.1) is 0 Å². The summed E-state index contributed by atoms with van der Waals surface area (Å²) in [5.41, 5.74) is 23.6. The lowest BCUT2D eigenvalue weighted by atomic mass is 9.32. The van der Waals surface area contributed by atoms with Crippen molar-refractivity contribution in [3.8, 4) is 0 Å². The van der Waals surface area contributed by atoms with E-state index in [0.29, 0.717) is 0 Å². The van der Waals surface area contributed by atoms with Crippen LogP contribution in [0.25, 0.3) is 21.5 Å². The third-order valence-corrected chi connectivity index (χ3v) is 22.2. The van der Waals surface area contributed by atoms with Crippen molar-refractivity contribution in [2.45, 2.75) is 41.5 Å². The van der Waals surface area contributed by atoms with Crippen LogP contribution in [0.2, 0.25) is 0 Å². The van der Waals surface area contributed by atoms with E-state index in [1.54, 1.807) is 0 Å². The van der Waals surface area contributed by atoms with Crippen molar-refractivity contribution in [2.24, 2.45) is 0 Å². The van der Waals surface area contributed by atoms with Crippen molar-refractivity contribution in [1.82, 2.24) is 0 Å². The molecule has 0 radical (unpaired) electrons. The Kier molecular flexibility index (Phi) is 11.7. The highest BCUT2D eigenvalue weighted by atomic mass is 31.1. The zero-order valence-electron chi connectivity index (χ0n) is 46.0. The van der Waals surface area contributed by atoms with Crippen LogP contribution in [0, 0.1) is 41.5 Å². The van der Waals surface area contributed by atoms with Gasteiger partial charge in [0.25, 0.3) is 0 Å². The molecule has 0 fully saturated rings. The van der Waals surface area contributed by atoms with E-state index in [-0.39, 0.29) is 13.4 Å². The average Bonchev–Trinajstić information content (AvgIpc) is 3.65. The Balaban J connectivity index is 1.09. The molecular weight excluding hydrogens is 1000 g/mol. The van der Waals surface area contributed by atoms with Crippen LogP contribution in [0.4, 0.5) is 34.1 Å². The highest BCUT2D eigenvalue weighted by molar-refractivity contribution is 7.80. The normalized spacial score (nSPS) is 13.0. The summed E-state index contributed by atoms with van der Waals surface area (Å²) in [4.78, 5) is 5.44. The molecule has 0 saturated carbocycles. The number of hydrogen-bond acceptors (Lipinski definition) is 2. The summed E-state index contributed by atoms with van der Waals surface area (Å²) in [6, 6.07) is 93.3. The number of fused-ring (bicyclic) bond motifs is 10. The second kappa shape index (κ2) is 19.2. The van der Waals surface area contributed by atoms with Crippen LogP contribution in [0.3, 0.4) is 0 Å². The third kappa shape index (κ3) is 7.64. The maximum atomic E-state index is 2.72. The van der Waals surface area contributed by atoms with Gasteiger partial charge in [0, 0.05) is 11.4 Å². The molecule has 0 amide bonds. The van der Waals surface area contributed by atoms with Crippen LogP contribution in [-0.4, -0.2) is 13.4 Å². The largest absolute Gasteiger partial charge is 0.307 e. The molecule has 12 aromatic rings. The smallest absolute Gasteiger partial charge is 0.248 e. The molecule has 380 valence electrons. The van der Waals surface area contributed by atoms with E-state index in [2.05, 4.69) is 294 Å². The molecule has 15 rings (SSSR count). The molecule has 6 heteroatoms. The summed E-state index contributed by atoms with van der Waals surface area (Å²) < 4.78 is 0. The lowest BCUT2D eigenvalue weighted by Gasteiger charge is -2.50. The molecule has 0 unspecified atom stereocenters. The minimum atomic E-state index is -0.897. The predicted molar refractivity (Wildman–Crippen MR) is 352 cm³/mol. The monoisotopic (exact) mass is 1060 g/mol. The van der Waals surface area contributed by atoms with Gasteiger partial charge in [0.05, 0.1) is 22.7 Å². The molecular formula is C74H58B2N2P2. The molecule has 0 saturated heterocycles. The van der Waals surface area contributed by atoms with Crippen molar-refractivity contribution >= 4 is 150 Å². The molecule has 80 heavy (non-hydrogen) atoms. The van der Waals surface area contributed by atoms with Gasteiger partial charge in [-0.05, 0) is 157 Å². The Hall–Kier alpha value is -8.25. The highest BCUT2D eigenvalue weighted by Gasteiger charge is 2.49. The van der Waals surface area contributed by atoms with E-state index in [1.807, 2.05) is 0 Å². The number of aryl methyl sites for hydroxylation is 6. The second-order valence-corrected chi connectivity index (χ2v) is 26.9. The minimum absolute atomic E-state index is 0.0657. The van der Waals surface area contributed by atoms with Crippen molar-refractivity contribution in [1.29, 1.82) is 0 Å². The summed E-state index contributed by atoms with van der Waals surface area (Å²) in [6.07, 6.45) is 0. The number of rotatable bonds is 8. The maximum absolute atomic E-state index is 2.72. The van der Waals surface area contributed by atoms with Crippen molar-refractivity contribution in [3.63, 3.8) is 0 Å². The summed E-state index contributed by atoms with van der Waals surface area (Å²) in [5.74, 6) is 0. The van der Waals surface area contributed by atoms with E-state index in [9.17, 15) is 0 Å². The van der Waals surface area contributed by atoms with Crippen LogP contribution in [0.1, 0.15) is 33.4 Å². The lowest BCUT2D eigenvalue weighted by molar-refractivity contribution is 1.19. The molecule has 0 atom stereocenters. The molecule has 12 aromatic carbocycles. The van der Waals surface area contributed by atoms with E-state index in [4.69, 9.17) is 0 Å². The number of nitrogens with zero attached hydrogens (tertiary/aromatic N) is 2. The van der Waals surface area contributed by atoms with E-state index in [0.717, 1.165) is 0 Å².